The van der Waals surface area contributed by atoms with E-state index < -0.39 is 10.0 Å². The lowest BCUT2D eigenvalue weighted by atomic mass is 10.1. The highest BCUT2D eigenvalue weighted by atomic mass is 79.9. The molecule has 1 aliphatic rings. The van der Waals surface area contributed by atoms with Gasteiger partial charge >= 0.3 is 0 Å². The second-order valence-corrected chi connectivity index (χ2v) is 8.14. The predicted octanol–water partition coefficient (Wildman–Crippen LogP) is 2.87. The van der Waals surface area contributed by atoms with Crippen molar-refractivity contribution in [3.05, 3.63) is 29.3 Å². The minimum absolute atomic E-state index is 0.175. The third-order valence-electron chi connectivity index (χ3n) is 3.95. The highest BCUT2D eigenvalue weighted by Gasteiger charge is 2.29. The first-order chi connectivity index (χ1) is 9.95. The lowest BCUT2D eigenvalue weighted by Crippen LogP contribution is -2.41. The average Bonchev–Trinajstić information content (AvgIpc) is 2.48. The van der Waals surface area contributed by atoms with E-state index in [1.165, 1.54) is 0 Å². The molecular weight excluding hydrogens is 354 g/mol. The molecule has 0 radical (unpaired) electrons. The summed E-state index contributed by atoms with van der Waals surface area (Å²) in [5.41, 5.74) is 2.11. The Morgan fingerprint density at radius 3 is 2.48 bits per heavy atom. The van der Waals surface area contributed by atoms with Gasteiger partial charge in [-0.2, -0.15) is 4.31 Å². The SMILES string of the molecule is Cc1ccc(S(=O)(=O)N2CCC(OCCBr)CC2)cc1C. The lowest BCUT2D eigenvalue weighted by molar-refractivity contribution is 0.0309. The number of halogens is 1. The molecule has 1 saturated heterocycles. The molecule has 0 N–H and O–H groups in total. The number of aryl methyl sites for hydroxylation is 2. The van der Waals surface area contributed by atoms with Gasteiger partial charge in [0.25, 0.3) is 0 Å². The summed E-state index contributed by atoms with van der Waals surface area (Å²) in [6.45, 7) is 5.66. The molecule has 0 bridgehead atoms. The van der Waals surface area contributed by atoms with Gasteiger partial charge in [0.2, 0.25) is 10.0 Å². The van der Waals surface area contributed by atoms with Gasteiger partial charge in [0.15, 0.2) is 0 Å². The van der Waals surface area contributed by atoms with E-state index in [0.717, 1.165) is 29.3 Å². The third kappa shape index (κ3) is 4.06. The Morgan fingerprint density at radius 1 is 1.24 bits per heavy atom. The molecule has 0 unspecified atom stereocenters. The highest BCUT2D eigenvalue weighted by Crippen LogP contribution is 2.23. The number of sulfonamides is 1. The van der Waals surface area contributed by atoms with Crippen LogP contribution in [-0.2, 0) is 14.8 Å². The second kappa shape index (κ2) is 7.22. The van der Waals surface area contributed by atoms with Gasteiger partial charge in [-0.1, -0.05) is 22.0 Å². The van der Waals surface area contributed by atoms with Crippen LogP contribution in [0.2, 0.25) is 0 Å². The van der Waals surface area contributed by atoms with Crippen molar-refractivity contribution in [1.29, 1.82) is 0 Å². The number of alkyl halides is 1. The van der Waals surface area contributed by atoms with E-state index >= 15 is 0 Å². The first-order valence-electron chi connectivity index (χ1n) is 7.20. The van der Waals surface area contributed by atoms with E-state index in [1.54, 1.807) is 16.4 Å². The van der Waals surface area contributed by atoms with Crippen LogP contribution >= 0.6 is 15.9 Å². The maximum absolute atomic E-state index is 12.6. The fourth-order valence-corrected chi connectivity index (χ4v) is 4.22. The molecular formula is C15H22BrNO3S. The van der Waals surface area contributed by atoms with Crippen LogP contribution in [0.1, 0.15) is 24.0 Å². The first kappa shape index (κ1) is 16.9. The fraction of sp³-hybridized carbons (Fsp3) is 0.600. The molecule has 1 fully saturated rings. The van der Waals surface area contributed by atoms with Gasteiger partial charge in [0.1, 0.15) is 0 Å². The number of benzene rings is 1. The van der Waals surface area contributed by atoms with Gasteiger partial charge in [0.05, 0.1) is 17.6 Å². The summed E-state index contributed by atoms with van der Waals surface area (Å²) >= 11 is 3.33. The minimum atomic E-state index is -3.38. The summed E-state index contributed by atoms with van der Waals surface area (Å²) in [5, 5.41) is 0.814. The van der Waals surface area contributed by atoms with Gasteiger partial charge in [-0.05, 0) is 49.9 Å². The van der Waals surface area contributed by atoms with E-state index in [4.69, 9.17) is 4.74 Å². The zero-order chi connectivity index (χ0) is 15.5. The Bertz CT molecular complexity index is 581. The van der Waals surface area contributed by atoms with Gasteiger partial charge in [-0.3, -0.25) is 0 Å². The van der Waals surface area contributed by atoms with Crippen molar-refractivity contribution in [3.8, 4) is 0 Å². The minimum Gasteiger partial charge on any atom is -0.377 e. The van der Waals surface area contributed by atoms with Crippen molar-refractivity contribution in [1.82, 2.24) is 4.31 Å². The normalized spacial score (nSPS) is 18.0. The number of piperidine rings is 1. The number of ether oxygens (including phenoxy) is 1. The Balaban J connectivity index is 2.06. The zero-order valence-corrected chi connectivity index (χ0v) is 14.9. The molecule has 4 nitrogen and oxygen atoms in total. The van der Waals surface area contributed by atoms with Crippen LogP contribution < -0.4 is 0 Å². The zero-order valence-electron chi connectivity index (χ0n) is 12.5. The molecule has 0 amide bonds. The van der Waals surface area contributed by atoms with E-state index in [1.807, 2.05) is 19.9 Å². The summed E-state index contributed by atoms with van der Waals surface area (Å²) in [6, 6.07) is 5.33. The topological polar surface area (TPSA) is 46.6 Å². The molecule has 1 aromatic rings. The molecule has 1 aliphatic heterocycles. The number of hydrogen-bond donors (Lipinski definition) is 0. The molecule has 0 atom stereocenters. The monoisotopic (exact) mass is 375 g/mol. The largest absolute Gasteiger partial charge is 0.377 e. The maximum Gasteiger partial charge on any atom is 0.243 e. The fourth-order valence-electron chi connectivity index (χ4n) is 2.47. The van der Waals surface area contributed by atoms with Crippen LogP contribution in [0.25, 0.3) is 0 Å². The predicted molar refractivity (Wildman–Crippen MR) is 87.4 cm³/mol. The van der Waals surface area contributed by atoms with Crippen molar-refractivity contribution in [2.45, 2.75) is 37.7 Å². The Labute approximate surface area is 135 Å². The first-order valence-corrected chi connectivity index (χ1v) is 9.76. The molecule has 0 spiro atoms. The Hall–Kier alpha value is -0.430. The van der Waals surface area contributed by atoms with E-state index in [-0.39, 0.29) is 6.10 Å². The van der Waals surface area contributed by atoms with Gasteiger partial charge in [0, 0.05) is 18.4 Å². The van der Waals surface area contributed by atoms with Crippen molar-refractivity contribution < 1.29 is 13.2 Å². The molecule has 1 aromatic carbocycles. The summed E-state index contributed by atoms with van der Waals surface area (Å²) in [7, 11) is -3.38. The number of rotatable bonds is 5. The van der Waals surface area contributed by atoms with Gasteiger partial charge in [-0.15, -0.1) is 0 Å². The Morgan fingerprint density at radius 2 is 1.90 bits per heavy atom. The van der Waals surface area contributed by atoms with E-state index in [0.29, 0.717) is 24.6 Å². The molecule has 0 saturated carbocycles. The van der Waals surface area contributed by atoms with Crippen molar-refractivity contribution in [2.24, 2.45) is 0 Å². The Kier molecular flexibility index (Phi) is 5.82. The lowest BCUT2D eigenvalue weighted by Gasteiger charge is -2.31. The van der Waals surface area contributed by atoms with Crippen molar-refractivity contribution in [2.75, 3.05) is 25.0 Å². The molecule has 6 heteroatoms. The summed E-state index contributed by atoms with van der Waals surface area (Å²) in [5.74, 6) is 0. The van der Waals surface area contributed by atoms with Gasteiger partial charge < -0.3 is 4.74 Å². The van der Waals surface area contributed by atoms with Crippen LogP contribution in [0.5, 0.6) is 0 Å². The smallest absolute Gasteiger partial charge is 0.243 e. The third-order valence-corrected chi connectivity index (χ3v) is 6.17. The van der Waals surface area contributed by atoms with Crippen LogP contribution in [-0.4, -0.2) is 43.9 Å². The van der Waals surface area contributed by atoms with Crippen LogP contribution in [0.15, 0.2) is 23.1 Å². The standard InChI is InChI=1S/C15H22BrNO3S/c1-12-3-4-15(11-13(12)2)21(18,19)17-8-5-14(6-9-17)20-10-7-16/h3-4,11,14H,5-10H2,1-2H3. The number of hydrogen-bond acceptors (Lipinski definition) is 3. The number of nitrogens with zero attached hydrogens (tertiary/aromatic N) is 1. The molecule has 1 heterocycles. The van der Waals surface area contributed by atoms with Gasteiger partial charge in [-0.25, -0.2) is 8.42 Å². The molecule has 2 rings (SSSR count). The summed E-state index contributed by atoms with van der Waals surface area (Å²) in [6.07, 6.45) is 1.70. The van der Waals surface area contributed by atoms with E-state index in [2.05, 4.69) is 15.9 Å². The van der Waals surface area contributed by atoms with Crippen LogP contribution in [0.4, 0.5) is 0 Å². The van der Waals surface area contributed by atoms with Crippen molar-refractivity contribution in [3.63, 3.8) is 0 Å². The van der Waals surface area contributed by atoms with Crippen LogP contribution in [0.3, 0.4) is 0 Å². The molecule has 0 aliphatic carbocycles. The quantitative estimate of drug-likeness (QED) is 0.743. The van der Waals surface area contributed by atoms with E-state index in [9.17, 15) is 8.42 Å². The summed E-state index contributed by atoms with van der Waals surface area (Å²) < 4.78 is 32.5. The van der Waals surface area contributed by atoms with Crippen LogP contribution in [0, 0.1) is 13.8 Å². The highest BCUT2D eigenvalue weighted by molar-refractivity contribution is 9.09. The molecule has 0 aromatic heterocycles. The average molecular weight is 376 g/mol. The summed E-state index contributed by atoms with van der Waals surface area (Å²) in [4.78, 5) is 0.394. The molecule has 21 heavy (non-hydrogen) atoms. The maximum atomic E-state index is 12.6. The molecule has 118 valence electrons. The second-order valence-electron chi connectivity index (χ2n) is 5.41. The van der Waals surface area contributed by atoms with Crippen molar-refractivity contribution >= 4 is 26.0 Å².